The first-order valence-corrected chi connectivity index (χ1v) is 7.08. The summed E-state index contributed by atoms with van der Waals surface area (Å²) >= 11 is 0. The largest absolute Gasteiger partial charge is 0.497 e. The molecule has 4 nitrogen and oxygen atoms in total. The first kappa shape index (κ1) is 15.0. The van der Waals surface area contributed by atoms with Crippen molar-refractivity contribution < 1.29 is 9.84 Å². The molecule has 1 aliphatic heterocycles. The zero-order chi connectivity index (χ0) is 14.4. The zero-order valence-corrected chi connectivity index (χ0v) is 12.3. The number of hydrogen-bond acceptors (Lipinski definition) is 4. The van der Waals surface area contributed by atoms with Crippen molar-refractivity contribution in [2.24, 2.45) is 0 Å². The molecule has 0 aromatic heterocycles. The van der Waals surface area contributed by atoms with Crippen molar-refractivity contribution in [2.45, 2.75) is 6.10 Å². The monoisotopic (exact) mass is 276 g/mol. The molecule has 0 radical (unpaired) electrons. The van der Waals surface area contributed by atoms with Crippen LogP contribution in [0.3, 0.4) is 0 Å². The van der Waals surface area contributed by atoms with Crippen molar-refractivity contribution in [3.05, 3.63) is 35.9 Å². The SMILES string of the molecule is COc1ccc(/C=C\C(O)CN2CCN(C)CC2)cc1. The maximum absolute atomic E-state index is 10.1. The van der Waals surface area contributed by atoms with Crippen LogP contribution in [0.4, 0.5) is 0 Å². The molecule has 0 bridgehead atoms. The Labute approximate surface area is 121 Å². The number of β-amino-alcohol motifs (C(OH)–C–C–N with tert-alkyl or cyclic N) is 1. The fraction of sp³-hybridized carbons (Fsp3) is 0.500. The lowest BCUT2D eigenvalue weighted by molar-refractivity contribution is 0.103. The van der Waals surface area contributed by atoms with E-state index in [2.05, 4.69) is 16.8 Å². The van der Waals surface area contributed by atoms with Crippen LogP contribution in [-0.2, 0) is 0 Å². The smallest absolute Gasteiger partial charge is 0.118 e. The Morgan fingerprint density at radius 2 is 1.85 bits per heavy atom. The first-order valence-electron chi connectivity index (χ1n) is 7.08. The molecule has 2 rings (SSSR count). The summed E-state index contributed by atoms with van der Waals surface area (Å²) in [6.07, 6.45) is 3.40. The summed E-state index contributed by atoms with van der Waals surface area (Å²) in [6, 6.07) is 7.81. The second-order valence-electron chi connectivity index (χ2n) is 5.30. The molecule has 1 aromatic carbocycles. The minimum Gasteiger partial charge on any atom is -0.497 e. The number of aliphatic hydroxyl groups is 1. The van der Waals surface area contributed by atoms with E-state index in [4.69, 9.17) is 4.74 Å². The average Bonchev–Trinajstić information content (AvgIpc) is 2.48. The number of nitrogens with zero attached hydrogens (tertiary/aromatic N) is 2. The minimum atomic E-state index is -0.416. The van der Waals surface area contributed by atoms with Gasteiger partial charge in [-0.3, -0.25) is 4.90 Å². The standard InChI is InChI=1S/C16H24N2O2/c1-17-9-11-18(12-10-17)13-15(19)6-3-14-4-7-16(20-2)8-5-14/h3-8,15,19H,9-13H2,1-2H3/b6-3-. The van der Waals surface area contributed by atoms with Crippen molar-refractivity contribution in [1.82, 2.24) is 9.80 Å². The summed E-state index contributed by atoms with van der Waals surface area (Å²) in [5, 5.41) is 10.1. The molecule has 1 N–H and O–H groups in total. The van der Waals surface area contributed by atoms with E-state index < -0.39 is 6.10 Å². The van der Waals surface area contributed by atoms with Gasteiger partial charge in [-0.2, -0.15) is 0 Å². The Morgan fingerprint density at radius 3 is 2.45 bits per heavy atom. The Kier molecular flexibility index (Phi) is 5.59. The van der Waals surface area contributed by atoms with Crippen molar-refractivity contribution in [3.8, 4) is 5.75 Å². The number of hydrogen-bond donors (Lipinski definition) is 1. The normalized spacial score (nSPS) is 19.4. The molecule has 0 spiro atoms. The van der Waals surface area contributed by atoms with Gasteiger partial charge in [-0.15, -0.1) is 0 Å². The Bertz CT molecular complexity index is 423. The first-order chi connectivity index (χ1) is 9.67. The second-order valence-corrected chi connectivity index (χ2v) is 5.30. The van der Waals surface area contributed by atoms with Gasteiger partial charge in [0.1, 0.15) is 5.75 Å². The second kappa shape index (κ2) is 7.43. The summed E-state index contributed by atoms with van der Waals surface area (Å²) in [7, 11) is 3.79. The molecule has 20 heavy (non-hydrogen) atoms. The quantitative estimate of drug-likeness (QED) is 0.880. The molecule has 1 aromatic rings. The van der Waals surface area contributed by atoms with E-state index in [1.54, 1.807) is 7.11 Å². The lowest BCUT2D eigenvalue weighted by Crippen LogP contribution is -2.46. The van der Waals surface area contributed by atoms with Crippen LogP contribution >= 0.6 is 0 Å². The van der Waals surface area contributed by atoms with E-state index in [0.29, 0.717) is 6.54 Å². The molecule has 1 unspecified atom stereocenters. The predicted octanol–water partition coefficient (Wildman–Crippen LogP) is 1.32. The van der Waals surface area contributed by atoms with Crippen LogP contribution in [0.5, 0.6) is 5.75 Å². The predicted molar refractivity (Wildman–Crippen MR) is 82.0 cm³/mol. The molecule has 1 heterocycles. The molecule has 1 fully saturated rings. The van der Waals surface area contributed by atoms with Crippen molar-refractivity contribution in [1.29, 1.82) is 0 Å². The van der Waals surface area contributed by atoms with Gasteiger partial charge in [0.05, 0.1) is 13.2 Å². The van der Waals surface area contributed by atoms with Gasteiger partial charge in [0.2, 0.25) is 0 Å². The molecule has 0 amide bonds. The van der Waals surface area contributed by atoms with Crippen LogP contribution in [0.1, 0.15) is 5.56 Å². The van der Waals surface area contributed by atoms with Gasteiger partial charge in [-0.1, -0.05) is 24.3 Å². The maximum atomic E-state index is 10.1. The molecule has 0 saturated carbocycles. The summed E-state index contributed by atoms with van der Waals surface area (Å²) in [4.78, 5) is 4.62. The molecule has 0 aliphatic carbocycles. The lowest BCUT2D eigenvalue weighted by Gasteiger charge is -2.33. The van der Waals surface area contributed by atoms with Crippen LogP contribution in [0, 0.1) is 0 Å². The number of ether oxygens (including phenoxy) is 1. The summed E-state index contributed by atoms with van der Waals surface area (Å²) in [5.41, 5.74) is 1.07. The highest BCUT2D eigenvalue weighted by Crippen LogP contribution is 2.12. The fourth-order valence-electron chi connectivity index (χ4n) is 2.29. The molecular formula is C16H24N2O2. The molecule has 110 valence electrons. The van der Waals surface area contributed by atoms with Gasteiger partial charge in [0.25, 0.3) is 0 Å². The van der Waals surface area contributed by atoms with E-state index >= 15 is 0 Å². The van der Waals surface area contributed by atoms with Crippen LogP contribution in [-0.4, -0.2) is 67.9 Å². The number of benzene rings is 1. The van der Waals surface area contributed by atoms with Crippen LogP contribution in [0.25, 0.3) is 6.08 Å². The number of piperazine rings is 1. The fourth-order valence-corrected chi connectivity index (χ4v) is 2.29. The van der Waals surface area contributed by atoms with E-state index in [1.165, 1.54) is 0 Å². The number of likely N-dealkylation sites (N-methyl/N-ethyl adjacent to an activating group) is 1. The summed E-state index contributed by atoms with van der Waals surface area (Å²) in [5.74, 6) is 0.847. The Balaban J connectivity index is 1.80. The van der Waals surface area contributed by atoms with Crippen molar-refractivity contribution in [3.63, 3.8) is 0 Å². The van der Waals surface area contributed by atoms with E-state index in [0.717, 1.165) is 37.5 Å². The average molecular weight is 276 g/mol. The van der Waals surface area contributed by atoms with E-state index in [9.17, 15) is 5.11 Å². The number of methoxy groups -OCH3 is 1. The van der Waals surface area contributed by atoms with E-state index in [1.807, 2.05) is 36.4 Å². The zero-order valence-electron chi connectivity index (χ0n) is 12.3. The van der Waals surface area contributed by atoms with Crippen LogP contribution < -0.4 is 4.74 Å². The van der Waals surface area contributed by atoms with Gasteiger partial charge in [-0.25, -0.2) is 0 Å². The minimum absolute atomic E-state index is 0.416. The highest BCUT2D eigenvalue weighted by atomic mass is 16.5. The van der Waals surface area contributed by atoms with Crippen molar-refractivity contribution in [2.75, 3.05) is 46.9 Å². The van der Waals surface area contributed by atoms with Crippen LogP contribution in [0.2, 0.25) is 0 Å². The van der Waals surface area contributed by atoms with Gasteiger partial charge in [-0.05, 0) is 24.7 Å². The van der Waals surface area contributed by atoms with Gasteiger partial charge < -0.3 is 14.7 Å². The number of aliphatic hydroxyl groups excluding tert-OH is 1. The van der Waals surface area contributed by atoms with Gasteiger partial charge >= 0.3 is 0 Å². The summed E-state index contributed by atoms with van der Waals surface area (Å²) in [6.45, 7) is 4.93. The van der Waals surface area contributed by atoms with E-state index in [-0.39, 0.29) is 0 Å². The summed E-state index contributed by atoms with van der Waals surface area (Å²) < 4.78 is 5.12. The highest BCUT2D eigenvalue weighted by molar-refractivity contribution is 5.51. The molecule has 1 atom stereocenters. The lowest BCUT2D eigenvalue weighted by atomic mass is 10.1. The van der Waals surface area contributed by atoms with Crippen molar-refractivity contribution >= 4 is 6.08 Å². The van der Waals surface area contributed by atoms with Gasteiger partial charge in [0.15, 0.2) is 0 Å². The number of rotatable bonds is 5. The molecule has 4 heteroatoms. The highest BCUT2D eigenvalue weighted by Gasteiger charge is 2.15. The molecule has 1 aliphatic rings. The molecule has 1 saturated heterocycles. The third-order valence-corrected chi connectivity index (χ3v) is 3.67. The molecular weight excluding hydrogens is 252 g/mol. The Hall–Kier alpha value is -1.36. The van der Waals surface area contributed by atoms with Crippen LogP contribution in [0.15, 0.2) is 30.3 Å². The topological polar surface area (TPSA) is 35.9 Å². The maximum Gasteiger partial charge on any atom is 0.118 e. The third kappa shape index (κ3) is 4.63. The van der Waals surface area contributed by atoms with Gasteiger partial charge in [0, 0.05) is 32.7 Å². The Morgan fingerprint density at radius 1 is 1.20 bits per heavy atom. The third-order valence-electron chi connectivity index (χ3n) is 3.67.